The van der Waals surface area contributed by atoms with Crippen LogP contribution < -0.4 is 0 Å². The molecule has 0 saturated heterocycles. The van der Waals surface area contributed by atoms with Crippen molar-refractivity contribution in [1.29, 1.82) is 0 Å². The highest BCUT2D eigenvalue weighted by atomic mass is 16.5. The molecule has 3 aliphatic rings. The molecule has 2 heterocycles. The van der Waals surface area contributed by atoms with Crippen LogP contribution >= 0.6 is 0 Å². The van der Waals surface area contributed by atoms with Crippen LogP contribution in [-0.4, -0.2) is 6.10 Å². The van der Waals surface area contributed by atoms with Gasteiger partial charge in [0.05, 0.1) is 6.26 Å². The molecular formula is C7H6O. The van der Waals surface area contributed by atoms with Crippen molar-refractivity contribution in [3.63, 3.8) is 0 Å². The Hall–Kier alpha value is -0.980. The van der Waals surface area contributed by atoms with E-state index >= 15 is 0 Å². The molecule has 0 spiro atoms. The fraction of sp³-hybridized carbons (Fsp3) is 0.143. The summed E-state index contributed by atoms with van der Waals surface area (Å²) in [4.78, 5) is 0. The number of ether oxygens (including phenoxy) is 1. The molecule has 2 bridgehead atoms. The van der Waals surface area contributed by atoms with Crippen molar-refractivity contribution in [2.45, 2.75) is 6.10 Å². The van der Waals surface area contributed by atoms with Crippen LogP contribution in [-0.2, 0) is 4.74 Å². The first kappa shape index (κ1) is 3.96. The van der Waals surface area contributed by atoms with Crippen LogP contribution in [0.2, 0.25) is 0 Å². The normalized spacial score (nSPS) is 23.2. The Bertz CT molecular complexity index is 171. The summed E-state index contributed by atoms with van der Waals surface area (Å²) in [5, 5.41) is 0. The first-order valence-corrected chi connectivity index (χ1v) is 2.67. The Balaban J connectivity index is 2.47. The van der Waals surface area contributed by atoms with Crippen molar-refractivity contribution in [3.05, 3.63) is 36.1 Å². The molecule has 0 N–H and O–H groups in total. The summed E-state index contributed by atoms with van der Waals surface area (Å²) in [6.07, 6.45) is 10.2. The SMILES string of the molecule is C1=CC2C=CC1=CO2. The minimum absolute atomic E-state index is 0.215. The molecule has 0 aromatic heterocycles. The number of allylic oxidation sites excluding steroid dienone is 3. The Morgan fingerprint density at radius 2 is 2.00 bits per heavy atom. The van der Waals surface area contributed by atoms with Crippen LogP contribution in [0, 0.1) is 0 Å². The second kappa shape index (κ2) is 1.25. The van der Waals surface area contributed by atoms with Crippen LogP contribution in [0.5, 0.6) is 0 Å². The van der Waals surface area contributed by atoms with E-state index in [9.17, 15) is 0 Å². The fourth-order valence-electron chi connectivity index (χ4n) is 0.858. The minimum Gasteiger partial charge on any atom is -0.489 e. The zero-order chi connectivity index (χ0) is 5.40. The summed E-state index contributed by atoms with van der Waals surface area (Å²) >= 11 is 0. The first-order chi connectivity index (χ1) is 3.95. The van der Waals surface area contributed by atoms with Gasteiger partial charge < -0.3 is 4.74 Å². The molecular weight excluding hydrogens is 100 g/mol. The van der Waals surface area contributed by atoms with Crippen LogP contribution in [0.25, 0.3) is 0 Å². The van der Waals surface area contributed by atoms with Gasteiger partial charge in [0.25, 0.3) is 0 Å². The maximum atomic E-state index is 5.14. The third kappa shape index (κ3) is 0.413. The minimum atomic E-state index is 0.215. The summed E-state index contributed by atoms with van der Waals surface area (Å²) < 4.78 is 5.14. The van der Waals surface area contributed by atoms with Crippen molar-refractivity contribution in [2.75, 3.05) is 0 Å². The van der Waals surface area contributed by atoms with E-state index in [1.807, 2.05) is 12.2 Å². The lowest BCUT2D eigenvalue weighted by atomic mass is 10.1. The topological polar surface area (TPSA) is 9.23 Å². The Morgan fingerprint density at radius 1 is 1.25 bits per heavy atom. The van der Waals surface area contributed by atoms with Gasteiger partial charge in [0.1, 0.15) is 6.10 Å². The summed E-state index contributed by atoms with van der Waals surface area (Å²) in [6, 6.07) is 0. The zero-order valence-corrected chi connectivity index (χ0v) is 4.37. The van der Waals surface area contributed by atoms with Crippen molar-refractivity contribution in [1.82, 2.24) is 0 Å². The van der Waals surface area contributed by atoms with Crippen LogP contribution in [0.1, 0.15) is 0 Å². The molecule has 3 rings (SSSR count). The number of rotatable bonds is 0. The number of hydrogen-bond donors (Lipinski definition) is 0. The molecule has 1 nitrogen and oxygen atoms in total. The van der Waals surface area contributed by atoms with E-state index in [2.05, 4.69) is 12.2 Å². The third-order valence-corrected chi connectivity index (χ3v) is 1.32. The lowest BCUT2D eigenvalue weighted by Crippen LogP contribution is -2.09. The molecule has 0 aromatic rings. The lowest BCUT2D eigenvalue weighted by molar-refractivity contribution is 0.217. The molecule has 1 aliphatic carbocycles. The van der Waals surface area contributed by atoms with Crippen LogP contribution in [0.15, 0.2) is 36.1 Å². The summed E-state index contributed by atoms with van der Waals surface area (Å²) in [7, 11) is 0. The smallest absolute Gasteiger partial charge is 0.135 e. The van der Waals surface area contributed by atoms with Gasteiger partial charge in [-0.25, -0.2) is 0 Å². The Labute approximate surface area is 48.0 Å². The third-order valence-electron chi connectivity index (χ3n) is 1.32. The van der Waals surface area contributed by atoms with Gasteiger partial charge in [-0.05, 0) is 12.2 Å². The van der Waals surface area contributed by atoms with Gasteiger partial charge in [-0.15, -0.1) is 0 Å². The fourth-order valence-corrected chi connectivity index (χ4v) is 0.858. The maximum absolute atomic E-state index is 5.14. The lowest BCUT2D eigenvalue weighted by Gasteiger charge is -2.17. The largest absolute Gasteiger partial charge is 0.489 e. The average Bonchev–Trinajstić information content (AvgIpc) is 1.92. The first-order valence-electron chi connectivity index (χ1n) is 2.67. The molecule has 0 saturated carbocycles. The van der Waals surface area contributed by atoms with Crippen molar-refractivity contribution in [2.24, 2.45) is 0 Å². The van der Waals surface area contributed by atoms with Gasteiger partial charge >= 0.3 is 0 Å². The molecule has 0 radical (unpaired) electrons. The van der Waals surface area contributed by atoms with Crippen LogP contribution in [0.4, 0.5) is 0 Å². The molecule has 0 fully saturated rings. The van der Waals surface area contributed by atoms with Crippen molar-refractivity contribution < 1.29 is 4.74 Å². The van der Waals surface area contributed by atoms with Crippen LogP contribution in [0.3, 0.4) is 0 Å². The van der Waals surface area contributed by atoms with Gasteiger partial charge in [-0.1, -0.05) is 12.2 Å². The molecule has 0 unspecified atom stereocenters. The molecule has 0 amide bonds. The summed E-state index contributed by atoms with van der Waals surface area (Å²) in [6.45, 7) is 0. The van der Waals surface area contributed by atoms with E-state index in [1.54, 1.807) is 6.26 Å². The Kier molecular flexibility index (Phi) is 0.618. The average molecular weight is 106 g/mol. The number of fused-ring (bicyclic) bond motifs is 1. The van der Waals surface area contributed by atoms with Gasteiger partial charge in [-0.2, -0.15) is 0 Å². The van der Waals surface area contributed by atoms with Gasteiger partial charge in [0.2, 0.25) is 0 Å². The summed E-state index contributed by atoms with van der Waals surface area (Å²) in [5.74, 6) is 0. The van der Waals surface area contributed by atoms with E-state index in [4.69, 9.17) is 4.74 Å². The summed E-state index contributed by atoms with van der Waals surface area (Å²) in [5.41, 5.74) is 1.16. The monoisotopic (exact) mass is 106 g/mol. The predicted molar refractivity (Wildman–Crippen MR) is 31.2 cm³/mol. The van der Waals surface area contributed by atoms with Crippen molar-refractivity contribution in [3.8, 4) is 0 Å². The quantitative estimate of drug-likeness (QED) is 0.453. The van der Waals surface area contributed by atoms with E-state index in [1.165, 1.54) is 0 Å². The van der Waals surface area contributed by atoms with E-state index in [-0.39, 0.29) is 6.10 Å². The number of hydrogen-bond acceptors (Lipinski definition) is 1. The van der Waals surface area contributed by atoms with Gasteiger partial charge in [-0.3, -0.25) is 0 Å². The highest BCUT2D eigenvalue weighted by Crippen LogP contribution is 2.17. The van der Waals surface area contributed by atoms with Gasteiger partial charge in [0, 0.05) is 5.57 Å². The molecule has 1 heteroatoms. The molecule has 8 heavy (non-hydrogen) atoms. The molecule has 40 valence electrons. The molecule has 0 atom stereocenters. The second-order valence-corrected chi connectivity index (χ2v) is 1.94. The second-order valence-electron chi connectivity index (χ2n) is 1.94. The maximum Gasteiger partial charge on any atom is 0.135 e. The van der Waals surface area contributed by atoms with E-state index in [0.29, 0.717) is 0 Å². The molecule has 0 aromatic carbocycles. The van der Waals surface area contributed by atoms with E-state index < -0.39 is 0 Å². The van der Waals surface area contributed by atoms with E-state index in [0.717, 1.165) is 5.57 Å². The van der Waals surface area contributed by atoms with Gasteiger partial charge in [0.15, 0.2) is 0 Å². The standard InChI is InChI=1S/C7H6O/c1-3-7-4-2-6(1)5-8-7/h1-5,7H. The van der Waals surface area contributed by atoms with Crippen molar-refractivity contribution >= 4 is 0 Å². The zero-order valence-electron chi connectivity index (χ0n) is 4.37. The highest BCUT2D eigenvalue weighted by Gasteiger charge is 2.08. The highest BCUT2D eigenvalue weighted by molar-refractivity contribution is 5.38. The predicted octanol–water partition coefficient (Wildman–Crippen LogP) is 1.40. The molecule has 2 aliphatic heterocycles. The Morgan fingerprint density at radius 3 is 2.12 bits per heavy atom.